The van der Waals surface area contributed by atoms with Gasteiger partial charge >= 0.3 is 5.97 Å². The number of aliphatic carboxylic acids is 1. The Bertz CT molecular complexity index is 760. The van der Waals surface area contributed by atoms with Gasteiger partial charge in [0.2, 0.25) is 0 Å². The molecule has 0 radical (unpaired) electrons. The van der Waals surface area contributed by atoms with Gasteiger partial charge in [0.25, 0.3) is 5.91 Å². The van der Waals surface area contributed by atoms with E-state index in [0.717, 1.165) is 5.56 Å². The summed E-state index contributed by atoms with van der Waals surface area (Å²) in [5.74, 6) is -0.556. The number of carbonyl (C=O) groups is 2. The third kappa shape index (κ3) is 5.79. The van der Waals surface area contributed by atoms with Gasteiger partial charge in [-0.15, -0.1) is 0 Å². The second-order valence-corrected chi connectivity index (χ2v) is 6.08. The van der Waals surface area contributed by atoms with E-state index in [0.29, 0.717) is 29.4 Å². The Labute approximate surface area is 150 Å². The first-order valence-electron chi connectivity index (χ1n) is 7.83. The summed E-state index contributed by atoms with van der Waals surface area (Å²) in [6.45, 7) is 3.98. The van der Waals surface area contributed by atoms with E-state index in [4.69, 9.17) is 21.4 Å². The lowest BCUT2D eigenvalue weighted by Gasteiger charge is -2.15. The maximum Gasteiger partial charge on any atom is 0.303 e. The van der Waals surface area contributed by atoms with Crippen LogP contribution in [0.3, 0.4) is 0 Å². The Morgan fingerprint density at radius 3 is 2.88 bits per heavy atom. The minimum absolute atomic E-state index is 0.0763. The first-order chi connectivity index (χ1) is 11.8. The van der Waals surface area contributed by atoms with Crippen LogP contribution >= 0.6 is 11.6 Å². The third-order valence-corrected chi connectivity index (χ3v) is 3.72. The molecule has 0 aliphatic carbocycles. The summed E-state index contributed by atoms with van der Waals surface area (Å²) in [4.78, 5) is 22.7. The molecule has 0 saturated carbocycles. The summed E-state index contributed by atoms with van der Waals surface area (Å²) >= 11 is 5.90. The standard InChI is InChI=1S/C17H20ClN3O4/c1-11-8-13(18)5-6-15(11)25-12(2)17(24)20-14-9-19-21(10-14)7-3-4-16(22)23/h5-6,8-10,12H,3-4,7H2,1-2H3,(H,20,24)(H,22,23)/t12-/m1/s1. The highest BCUT2D eigenvalue weighted by molar-refractivity contribution is 6.30. The fraction of sp³-hybridized carbons (Fsp3) is 0.353. The molecule has 0 spiro atoms. The Balaban J connectivity index is 1.88. The molecule has 8 heteroatoms. The Morgan fingerprint density at radius 1 is 1.44 bits per heavy atom. The summed E-state index contributed by atoms with van der Waals surface area (Å²) in [6.07, 6.45) is 3.01. The summed E-state index contributed by atoms with van der Waals surface area (Å²) < 4.78 is 7.26. The van der Waals surface area contributed by atoms with Crippen LogP contribution in [0.25, 0.3) is 0 Å². The average Bonchev–Trinajstić information content (AvgIpc) is 2.97. The number of benzene rings is 1. The number of nitrogens with one attached hydrogen (secondary N) is 1. The minimum atomic E-state index is -0.843. The van der Waals surface area contributed by atoms with Crippen LogP contribution in [-0.2, 0) is 16.1 Å². The van der Waals surface area contributed by atoms with Gasteiger partial charge in [0.1, 0.15) is 5.75 Å². The highest BCUT2D eigenvalue weighted by Gasteiger charge is 2.16. The maximum absolute atomic E-state index is 12.2. The Hall–Kier alpha value is -2.54. The van der Waals surface area contributed by atoms with Crippen LogP contribution in [0.2, 0.25) is 5.02 Å². The largest absolute Gasteiger partial charge is 0.481 e. The van der Waals surface area contributed by atoms with Crippen molar-refractivity contribution in [2.75, 3.05) is 5.32 Å². The molecule has 0 aliphatic heterocycles. The molecule has 1 atom stereocenters. The number of anilines is 1. The average molecular weight is 366 g/mol. The Kier molecular flexibility index (Phi) is 6.41. The summed E-state index contributed by atoms with van der Waals surface area (Å²) in [5, 5.41) is 16.0. The molecular weight excluding hydrogens is 346 g/mol. The zero-order valence-corrected chi connectivity index (χ0v) is 14.8. The molecular formula is C17H20ClN3O4. The van der Waals surface area contributed by atoms with Gasteiger partial charge in [0, 0.05) is 24.2 Å². The zero-order valence-electron chi connectivity index (χ0n) is 14.0. The fourth-order valence-electron chi connectivity index (χ4n) is 2.18. The SMILES string of the molecule is Cc1cc(Cl)ccc1O[C@H](C)C(=O)Nc1cnn(CCCC(=O)O)c1. The van der Waals surface area contributed by atoms with Crippen molar-refractivity contribution in [3.05, 3.63) is 41.2 Å². The molecule has 1 aromatic heterocycles. The molecule has 2 aromatic rings. The van der Waals surface area contributed by atoms with Crippen LogP contribution in [0.1, 0.15) is 25.3 Å². The van der Waals surface area contributed by atoms with Crippen LogP contribution in [-0.4, -0.2) is 32.9 Å². The van der Waals surface area contributed by atoms with E-state index in [1.54, 1.807) is 36.0 Å². The third-order valence-electron chi connectivity index (χ3n) is 3.49. The van der Waals surface area contributed by atoms with Gasteiger partial charge in [-0.3, -0.25) is 14.3 Å². The number of hydrogen-bond donors (Lipinski definition) is 2. The maximum atomic E-state index is 12.2. The van der Waals surface area contributed by atoms with Crippen molar-refractivity contribution in [2.24, 2.45) is 0 Å². The van der Waals surface area contributed by atoms with Gasteiger partial charge < -0.3 is 15.2 Å². The predicted octanol–water partition coefficient (Wildman–Crippen LogP) is 3.12. The lowest BCUT2D eigenvalue weighted by molar-refractivity contribution is -0.137. The first-order valence-corrected chi connectivity index (χ1v) is 8.21. The number of carboxylic acid groups (broad SMARTS) is 1. The number of rotatable bonds is 8. The number of amides is 1. The minimum Gasteiger partial charge on any atom is -0.481 e. The first kappa shape index (κ1) is 18.8. The highest BCUT2D eigenvalue weighted by Crippen LogP contribution is 2.23. The van der Waals surface area contributed by atoms with Crippen molar-refractivity contribution >= 4 is 29.2 Å². The van der Waals surface area contributed by atoms with E-state index in [1.807, 2.05) is 6.92 Å². The molecule has 0 saturated heterocycles. The number of aryl methyl sites for hydroxylation is 2. The highest BCUT2D eigenvalue weighted by atomic mass is 35.5. The molecule has 2 rings (SSSR count). The molecule has 0 unspecified atom stereocenters. The van der Waals surface area contributed by atoms with Crippen LogP contribution in [0.5, 0.6) is 5.75 Å². The van der Waals surface area contributed by atoms with Crippen molar-refractivity contribution in [3.63, 3.8) is 0 Å². The van der Waals surface area contributed by atoms with Gasteiger partial charge in [-0.2, -0.15) is 5.10 Å². The van der Waals surface area contributed by atoms with Gasteiger partial charge in [-0.1, -0.05) is 11.6 Å². The van der Waals surface area contributed by atoms with Crippen molar-refractivity contribution in [1.29, 1.82) is 0 Å². The lowest BCUT2D eigenvalue weighted by Crippen LogP contribution is -2.30. The van der Waals surface area contributed by atoms with Gasteiger partial charge in [-0.25, -0.2) is 0 Å². The number of halogens is 1. The monoisotopic (exact) mass is 365 g/mol. The molecule has 0 bridgehead atoms. The molecule has 0 aliphatic rings. The molecule has 0 fully saturated rings. The van der Waals surface area contributed by atoms with E-state index < -0.39 is 12.1 Å². The van der Waals surface area contributed by atoms with Crippen molar-refractivity contribution < 1.29 is 19.4 Å². The summed E-state index contributed by atoms with van der Waals surface area (Å²) in [5.41, 5.74) is 1.38. The van der Waals surface area contributed by atoms with Crippen molar-refractivity contribution in [1.82, 2.24) is 9.78 Å². The molecule has 1 amide bonds. The molecule has 1 aromatic carbocycles. The summed E-state index contributed by atoms with van der Waals surface area (Å²) in [7, 11) is 0. The molecule has 25 heavy (non-hydrogen) atoms. The number of carbonyl (C=O) groups excluding carboxylic acids is 1. The van der Waals surface area contributed by atoms with Crippen molar-refractivity contribution in [3.8, 4) is 5.75 Å². The van der Waals surface area contributed by atoms with Gasteiger partial charge in [-0.05, 0) is 44.0 Å². The van der Waals surface area contributed by atoms with Crippen LogP contribution in [0.15, 0.2) is 30.6 Å². The number of nitrogens with zero attached hydrogens (tertiary/aromatic N) is 2. The Morgan fingerprint density at radius 2 is 2.20 bits per heavy atom. The second-order valence-electron chi connectivity index (χ2n) is 5.65. The molecule has 134 valence electrons. The number of aromatic nitrogens is 2. The van der Waals surface area contributed by atoms with Crippen LogP contribution in [0.4, 0.5) is 5.69 Å². The summed E-state index contributed by atoms with van der Waals surface area (Å²) in [6, 6.07) is 5.19. The number of hydrogen-bond acceptors (Lipinski definition) is 4. The van der Waals surface area contributed by atoms with E-state index in [-0.39, 0.29) is 12.3 Å². The topological polar surface area (TPSA) is 93.5 Å². The van der Waals surface area contributed by atoms with E-state index >= 15 is 0 Å². The quantitative estimate of drug-likeness (QED) is 0.749. The molecule has 1 heterocycles. The molecule has 2 N–H and O–H groups in total. The van der Waals surface area contributed by atoms with Crippen LogP contribution < -0.4 is 10.1 Å². The van der Waals surface area contributed by atoms with Crippen molar-refractivity contribution in [2.45, 2.75) is 39.3 Å². The van der Waals surface area contributed by atoms with E-state index in [1.165, 1.54) is 6.20 Å². The van der Waals surface area contributed by atoms with E-state index in [9.17, 15) is 9.59 Å². The van der Waals surface area contributed by atoms with E-state index in [2.05, 4.69) is 10.4 Å². The van der Waals surface area contributed by atoms with Crippen LogP contribution in [0, 0.1) is 6.92 Å². The smallest absolute Gasteiger partial charge is 0.303 e. The lowest BCUT2D eigenvalue weighted by atomic mass is 10.2. The predicted molar refractivity (Wildman–Crippen MR) is 94.0 cm³/mol. The number of carboxylic acids is 1. The second kappa shape index (κ2) is 8.53. The molecule has 7 nitrogen and oxygen atoms in total. The van der Waals surface area contributed by atoms with Gasteiger partial charge in [0.05, 0.1) is 11.9 Å². The number of ether oxygens (including phenoxy) is 1. The van der Waals surface area contributed by atoms with Gasteiger partial charge in [0.15, 0.2) is 6.10 Å². The fourth-order valence-corrected chi connectivity index (χ4v) is 2.40. The normalized spacial score (nSPS) is 11.8. The zero-order chi connectivity index (χ0) is 18.4.